The Labute approximate surface area is 200 Å². The van der Waals surface area contributed by atoms with E-state index in [1.807, 2.05) is 28.9 Å². The Morgan fingerprint density at radius 3 is 2.65 bits per heavy atom. The maximum atomic E-state index is 13.5. The molecule has 1 N–H and O–H groups in total. The maximum Gasteiger partial charge on any atom is 0.253 e. The number of methoxy groups -OCH3 is 1. The molecule has 1 atom stereocenters. The molecular weight excluding hydrogens is 430 g/mol. The van der Waals surface area contributed by atoms with Crippen molar-refractivity contribution < 1.29 is 4.74 Å². The van der Waals surface area contributed by atoms with Crippen molar-refractivity contribution in [3.63, 3.8) is 0 Å². The molecule has 9 heteroatoms. The summed E-state index contributed by atoms with van der Waals surface area (Å²) in [5.74, 6) is 1.51. The van der Waals surface area contributed by atoms with Gasteiger partial charge in [-0.05, 0) is 59.8 Å². The molecule has 182 valence electrons. The number of ether oxygens (including phenoxy) is 1. The van der Waals surface area contributed by atoms with E-state index >= 15 is 0 Å². The highest BCUT2D eigenvalue weighted by Crippen LogP contribution is 2.33. The number of rotatable bonds is 7. The van der Waals surface area contributed by atoms with Gasteiger partial charge in [0.05, 0.1) is 18.7 Å². The van der Waals surface area contributed by atoms with Crippen molar-refractivity contribution in [2.24, 2.45) is 0 Å². The molecule has 1 aliphatic heterocycles. The Morgan fingerprint density at radius 2 is 1.91 bits per heavy atom. The first kappa shape index (κ1) is 23.0. The average Bonchev–Trinajstić information content (AvgIpc) is 3.35. The minimum absolute atomic E-state index is 0.0973. The Hall–Kier alpha value is -2.78. The number of nitrogens with one attached hydrogen (secondary N) is 1. The van der Waals surface area contributed by atoms with Gasteiger partial charge in [0.15, 0.2) is 5.82 Å². The molecule has 1 saturated carbocycles. The molecule has 9 nitrogen and oxygen atoms in total. The van der Waals surface area contributed by atoms with E-state index in [9.17, 15) is 4.79 Å². The van der Waals surface area contributed by atoms with Crippen LogP contribution in [0.25, 0.3) is 10.9 Å². The van der Waals surface area contributed by atoms with Crippen LogP contribution in [0.3, 0.4) is 0 Å². The number of aromatic amines is 1. The fourth-order valence-electron chi connectivity index (χ4n) is 5.55. The van der Waals surface area contributed by atoms with Crippen LogP contribution in [-0.4, -0.2) is 74.8 Å². The molecule has 2 aromatic heterocycles. The van der Waals surface area contributed by atoms with Crippen LogP contribution in [0.15, 0.2) is 29.1 Å². The molecule has 0 spiro atoms. The molecule has 3 aromatic rings. The molecule has 0 unspecified atom stereocenters. The fraction of sp³-hybridized carbons (Fsp3) is 0.600. The normalized spacial score (nSPS) is 19.5. The molecule has 1 aliphatic carbocycles. The van der Waals surface area contributed by atoms with Gasteiger partial charge in [0.25, 0.3) is 5.56 Å². The smallest absolute Gasteiger partial charge is 0.253 e. The highest BCUT2D eigenvalue weighted by molar-refractivity contribution is 5.80. The number of hydrogen-bond donors (Lipinski definition) is 1. The lowest BCUT2D eigenvalue weighted by Crippen LogP contribution is -2.49. The van der Waals surface area contributed by atoms with E-state index in [-0.39, 0.29) is 11.6 Å². The third kappa shape index (κ3) is 4.59. The van der Waals surface area contributed by atoms with Crippen molar-refractivity contribution in [2.75, 3.05) is 39.8 Å². The van der Waals surface area contributed by atoms with Crippen LogP contribution in [0.5, 0.6) is 5.75 Å². The first-order chi connectivity index (χ1) is 16.7. The van der Waals surface area contributed by atoms with Gasteiger partial charge >= 0.3 is 0 Å². The zero-order chi connectivity index (χ0) is 23.5. The number of tetrazole rings is 1. The minimum Gasteiger partial charge on any atom is -0.497 e. The predicted molar refractivity (Wildman–Crippen MR) is 131 cm³/mol. The van der Waals surface area contributed by atoms with E-state index in [4.69, 9.17) is 4.74 Å². The lowest BCUT2D eigenvalue weighted by molar-refractivity contribution is 0.103. The van der Waals surface area contributed by atoms with Crippen LogP contribution >= 0.6 is 0 Å². The lowest BCUT2D eigenvalue weighted by atomic mass is 9.95. The highest BCUT2D eigenvalue weighted by atomic mass is 16.5. The van der Waals surface area contributed by atoms with Crippen LogP contribution in [0.4, 0.5) is 0 Å². The Kier molecular flexibility index (Phi) is 6.92. The summed E-state index contributed by atoms with van der Waals surface area (Å²) in [6, 6.07) is 7.81. The summed E-state index contributed by atoms with van der Waals surface area (Å²) in [6.07, 6.45) is 6.99. The van der Waals surface area contributed by atoms with Crippen molar-refractivity contribution in [2.45, 2.75) is 57.5 Å². The van der Waals surface area contributed by atoms with E-state index < -0.39 is 0 Å². The largest absolute Gasteiger partial charge is 0.497 e. The zero-order valence-electron chi connectivity index (χ0n) is 20.2. The fourth-order valence-corrected chi connectivity index (χ4v) is 5.55. The average molecular weight is 466 g/mol. The van der Waals surface area contributed by atoms with Gasteiger partial charge in [0.1, 0.15) is 11.8 Å². The van der Waals surface area contributed by atoms with Crippen LogP contribution in [0, 0.1) is 0 Å². The summed E-state index contributed by atoms with van der Waals surface area (Å²) < 4.78 is 7.36. The number of aromatic nitrogens is 5. The van der Waals surface area contributed by atoms with Crippen molar-refractivity contribution in [1.29, 1.82) is 0 Å². The molecule has 2 aliphatic rings. The Bertz CT molecular complexity index is 1160. The van der Waals surface area contributed by atoms with Gasteiger partial charge in [0, 0.05) is 37.8 Å². The van der Waals surface area contributed by atoms with Gasteiger partial charge in [0.2, 0.25) is 0 Å². The lowest BCUT2D eigenvalue weighted by Gasteiger charge is -2.39. The second-order valence-electron chi connectivity index (χ2n) is 9.56. The van der Waals surface area contributed by atoms with E-state index in [1.54, 1.807) is 7.11 Å². The van der Waals surface area contributed by atoms with Gasteiger partial charge in [-0.1, -0.05) is 26.2 Å². The summed E-state index contributed by atoms with van der Waals surface area (Å²) in [4.78, 5) is 21.4. The zero-order valence-corrected chi connectivity index (χ0v) is 20.2. The molecule has 0 bridgehead atoms. The quantitative estimate of drug-likeness (QED) is 0.573. The van der Waals surface area contributed by atoms with Crippen molar-refractivity contribution in [1.82, 2.24) is 35.0 Å². The van der Waals surface area contributed by atoms with Gasteiger partial charge in [-0.3, -0.25) is 9.69 Å². The molecule has 2 fully saturated rings. The Morgan fingerprint density at radius 1 is 1.12 bits per heavy atom. The van der Waals surface area contributed by atoms with E-state index in [0.29, 0.717) is 11.6 Å². The summed E-state index contributed by atoms with van der Waals surface area (Å²) in [6.45, 7) is 7.05. The SMILES string of the molecule is CCCN1CCN([C@@H](c2cc3ccc(OC)cc3[nH]c2=O)c2nnnn2C2CCCCC2)CC1. The summed E-state index contributed by atoms with van der Waals surface area (Å²) >= 11 is 0. The van der Waals surface area contributed by atoms with Gasteiger partial charge in [-0.15, -0.1) is 5.10 Å². The van der Waals surface area contributed by atoms with Gasteiger partial charge < -0.3 is 14.6 Å². The second kappa shape index (κ2) is 10.2. The first-order valence-electron chi connectivity index (χ1n) is 12.6. The minimum atomic E-state index is -0.282. The summed E-state index contributed by atoms with van der Waals surface area (Å²) in [5, 5.41) is 14.0. The van der Waals surface area contributed by atoms with E-state index in [1.165, 1.54) is 19.3 Å². The third-order valence-electron chi connectivity index (χ3n) is 7.37. The van der Waals surface area contributed by atoms with E-state index in [2.05, 4.69) is 37.2 Å². The monoisotopic (exact) mass is 465 g/mol. The van der Waals surface area contributed by atoms with E-state index in [0.717, 1.165) is 74.5 Å². The number of hydrogen-bond acceptors (Lipinski definition) is 7. The second-order valence-corrected chi connectivity index (χ2v) is 9.56. The predicted octanol–water partition coefficient (Wildman–Crippen LogP) is 3.15. The molecule has 0 radical (unpaired) electrons. The van der Waals surface area contributed by atoms with Crippen LogP contribution in [0.2, 0.25) is 0 Å². The van der Waals surface area contributed by atoms with Crippen molar-refractivity contribution in [3.8, 4) is 5.75 Å². The van der Waals surface area contributed by atoms with Crippen LogP contribution in [0.1, 0.15) is 68.9 Å². The highest BCUT2D eigenvalue weighted by Gasteiger charge is 2.34. The molecule has 34 heavy (non-hydrogen) atoms. The number of pyridine rings is 1. The van der Waals surface area contributed by atoms with Crippen LogP contribution < -0.4 is 10.3 Å². The summed E-state index contributed by atoms with van der Waals surface area (Å²) in [5.41, 5.74) is 1.37. The third-order valence-corrected chi connectivity index (χ3v) is 7.37. The molecule has 1 saturated heterocycles. The van der Waals surface area contributed by atoms with Gasteiger partial charge in [-0.2, -0.15) is 0 Å². The Balaban J connectivity index is 1.56. The standard InChI is InChI=1S/C25H35N7O2/c1-3-11-30-12-14-31(15-13-30)23(24-27-28-29-32(24)19-7-5-4-6-8-19)21-16-18-9-10-20(34-2)17-22(18)26-25(21)33/h9-10,16-17,19,23H,3-8,11-15H2,1-2H3,(H,26,33)/t23-/m0/s1. The van der Waals surface area contributed by atoms with Crippen molar-refractivity contribution in [3.05, 3.63) is 46.0 Å². The number of benzene rings is 1. The topological polar surface area (TPSA) is 92.2 Å². The molecule has 1 aromatic carbocycles. The number of nitrogens with zero attached hydrogens (tertiary/aromatic N) is 6. The van der Waals surface area contributed by atoms with Crippen LogP contribution in [-0.2, 0) is 0 Å². The maximum absolute atomic E-state index is 13.5. The molecule has 3 heterocycles. The number of fused-ring (bicyclic) bond motifs is 1. The molecule has 5 rings (SSSR count). The molecule has 0 amide bonds. The number of piperazine rings is 1. The van der Waals surface area contributed by atoms with Gasteiger partial charge in [-0.25, -0.2) is 4.68 Å². The summed E-state index contributed by atoms with van der Waals surface area (Å²) in [7, 11) is 1.63. The van der Waals surface area contributed by atoms with Crippen molar-refractivity contribution >= 4 is 10.9 Å². The number of H-pyrrole nitrogens is 1. The molecular formula is C25H35N7O2. The first-order valence-corrected chi connectivity index (χ1v) is 12.6.